The second-order valence-corrected chi connectivity index (χ2v) is 2.42. The molecule has 1 aromatic carbocycles. The van der Waals surface area contributed by atoms with E-state index in [1.54, 1.807) is 7.11 Å². The van der Waals surface area contributed by atoms with E-state index >= 15 is 0 Å². The molecule has 2 rings (SSSR count). The Bertz CT molecular complexity index is 331. The maximum Gasteiger partial charge on any atom is 0.191 e. The van der Waals surface area contributed by atoms with Crippen molar-refractivity contribution in [3.8, 4) is 5.88 Å². The molecule has 0 aliphatic carbocycles. The van der Waals surface area contributed by atoms with E-state index in [1.807, 2.05) is 30.3 Å². The molecule has 0 bridgehead atoms. The summed E-state index contributed by atoms with van der Waals surface area (Å²) in [4.78, 5) is 3.12. The van der Waals surface area contributed by atoms with Crippen LogP contribution in [0.5, 0.6) is 5.88 Å². The number of ether oxygens (including phenoxy) is 1. The molecule has 0 unspecified atom stereocenters. The highest BCUT2D eigenvalue weighted by molar-refractivity contribution is 5.81. The highest BCUT2D eigenvalue weighted by atomic mass is 16.5. The van der Waals surface area contributed by atoms with Crippen molar-refractivity contribution in [3.05, 3.63) is 30.3 Å². The molecule has 0 aliphatic rings. The van der Waals surface area contributed by atoms with E-state index in [0.29, 0.717) is 0 Å². The number of aromatic nitrogens is 1. The number of para-hydroxylation sites is 1. The summed E-state index contributed by atoms with van der Waals surface area (Å²) >= 11 is 0. The Balaban J connectivity index is 2.69. The van der Waals surface area contributed by atoms with Crippen LogP contribution < -0.4 is 4.74 Å². The van der Waals surface area contributed by atoms with E-state index in [0.717, 1.165) is 11.4 Å². The van der Waals surface area contributed by atoms with Crippen LogP contribution in [0.1, 0.15) is 0 Å². The van der Waals surface area contributed by atoms with Crippen LogP contribution in [-0.2, 0) is 0 Å². The Labute approximate surface area is 64.8 Å². The van der Waals surface area contributed by atoms with E-state index in [1.165, 1.54) is 5.39 Å². The number of benzene rings is 1. The van der Waals surface area contributed by atoms with Gasteiger partial charge in [0, 0.05) is 17.0 Å². The van der Waals surface area contributed by atoms with Gasteiger partial charge in [0.25, 0.3) is 0 Å². The Hall–Kier alpha value is -1.44. The molecule has 1 heterocycles. The molecule has 0 fully saturated rings. The van der Waals surface area contributed by atoms with Gasteiger partial charge in [0.2, 0.25) is 0 Å². The van der Waals surface area contributed by atoms with Gasteiger partial charge in [-0.05, 0) is 6.07 Å². The summed E-state index contributed by atoms with van der Waals surface area (Å²) in [5, 5.41) is 1.18. The van der Waals surface area contributed by atoms with Crippen molar-refractivity contribution in [1.29, 1.82) is 0 Å². The maximum atomic E-state index is 5.04. The predicted octanol–water partition coefficient (Wildman–Crippen LogP) is 2.18. The second-order valence-electron chi connectivity index (χ2n) is 2.42. The first-order valence-corrected chi connectivity index (χ1v) is 3.52. The van der Waals surface area contributed by atoms with Crippen molar-refractivity contribution in [1.82, 2.24) is 4.98 Å². The van der Waals surface area contributed by atoms with Gasteiger partial charge < -0.3 is 9.72 Å². The summed E-state index contributed by atoms with van der Waals surface area (Å²) in [6.45, 7) is 0. The van der Waals surface area contributed by atoms with Crippen LogP contribution in [-0.4, -0.2) is 12.1 Å². The van der Waals surface area contributed by atoms with Crippen LogP contribution in [0.4, 0.5) is 0 Å². The van der Waals surface area contributed by atoms with E-state index in [4.69, 9.17) is 4.74 Å². The number of nitrogens with one attached hydrogen (secondary N) is 1. The number of hydrogen-bond donors (Lipinski definition) is 1. The van der Waals surface area contributed by atoms with Gasteiger partial charge in [-0.3, -0.25) is 0 Å². The molecule has 1 N–H and O–H groups in total. The molecule has 0 aliphatic heterocycles. The summed E-state index contributed by atoms with van der Waals surface area (Å²) in [5.41, 5.74) is 1.12. The zero-order chi connectivity index (χ0) is 7.68. The SMILES string of the molecule is COc1cc2ccccc2[nH]1. The monoisotopic (exact) mass is 147 g/mol. The molecule has 0 atom stereocenters. The van der Waals surface area contributed by atoms with Gasteiger partial charge in [0.05, 0.1) is 7.11 Å². The quantitative estimate of drug-likeness (QED) is 0.657. The predicted molar refractivity (Wildman–Crippen MR) is 44.9 cm³/mol. The smallest absolute Gasteiger partial charge is 0.191 e. The average molecular weight is 147 g/mol. The minimum absolute atomic E-state index is 0.811. The zero-order valence-corrected chi connectivity index (χ0v) is 6.29. The van der Waals surface area contributed by atoms with Crippen LogP contribution in [0.2, 0.25) is 0 Å². The molecule has 2 nitrogen and oxygen atoms in total. The molecule has 0 amide bonds. The second kappa shape index (κ2) is 2.31. The van der Waals surface area contributed by atoms with Crippen molar-refractivity contribution < 1.29 is 4.74 Å². The van der Waals surface area contributed by atoms with Crippen LogP contribution in [0.25, 0.3) is 10.9 Å². The number of fused-ring (bicyclic) bond motifs is 1. The lowest BCUT2D eigenvalue weighted by Gasteiger charge is -1.89. The van der Waals surface area contributed by atoms with Gasteiger partial charge in [-0.15, -0.1) is 0 Å². The third kappa shape index (κ3) is 0.963. The fourth-order valence-electron chi connectivity index (χ4n) is 1.16. The molecular formula is C9H9NO. The lowest BCUT2D eigenvalue weighted by atomic mass is 10.3. The molecule has 0 saturated carbocycles. The van der Waals surface area contributed by atoms with Crippen molar-refractivity contribution in [2.24, 2.45) is 0 Å². The molecule has 2 aromatic rings. The third-order valence-corrected chi connectivity index (χ3v) is 1.73. The van der Waals surface area contributed by atoms with Gasteiger partial charge in [0.1, 0.15) is 0 Å². The molecular weight excluding hydrogens is 138 g/mol. The largest absolute Gasteiger partial charge is 0.482 e. The van der Waals surface area contributed by atoms with Gasteiger partial charge in [-0.2, -0.15) is 0 Å². The maximum absolute atomic E-state index is 5.04. The van der Waals surface area contributed by atoms with E-state index in [-0.39, 0.29) is 0 Å². The van der Waals surface area contributed by atoms with Crippen LogP contribution >= 0.6 is 0 Å². The fraction of sp³-hybridized carbons (Fsp3) is 0.111. The van der Waals surface area contributed by atoms with Crippen molar-refractivity contribution in [3.63, 3.8) is 0 Å². The summed E-state index contributed by atoms with van der Waals surface area (Å²) in [6.07, 6.45) is 0. The zero-order valence-electron chi connectivity index (χ0n) is 6.29. The van der Waals surface area contributed by atoms with Gasteiger partial charge in [-0.1, -0.05) is 18.2 Å². The first-order valence-electron chi connectivity index (χ1n) is 3.52. The van der Waals surface area contributed by atoms with E-state index in [2.05, 4.69) is 4.98 Å². The summed E-state index contributed by atoms with van der Waals surface area (Å²) in [7, 11) is 1.66. The Morgan fingerprint density at radius 2 is 2.09 bits per heavy atom. The number of H-pyrrole nitrogens is 1. The molecule has 0 radical (unpaired) electrons. The number of rotatable bonds is 1. The van der Waals surface area contributed by atoms with Crippen molar-refractivity contribution in [2.45, 2.75) is 0 Å². The summed E-state index contributed by atoms with van der Waals surface area (Å²) < 4.78 is 5.04. The average Bonchev–Trinajstić information content (AvgIpc) is 2.46. The van der Waals surface area contributed by atoms with E-state index < -0.39 is 0 Å². The Morgan fingerprint density at radius 1 is 1.27 bits per heavy atom. The minimum Gasteiger partial charge on any atom is -0.482 e. The van der Waals surface area contributed by atoms with Crippen LogP contribution in [0.15, 0.2) is 30.3 Å². The normalized spacial score (nSPS) is 10.3. The fourth-order valence-corrected chi connectivity index (χ4v) is 1.16. The number of aromatic amines is 1. The Kier molecular flexibility index (Phi) is 1.32. The highest BCUT2D eigenvalue weighted by Gasteiger charge is 1.96. The number of hydrogen-bond acceptors (Lipinski definition) is 1. The van der Waals surface area contributed by atoms with Gasteiger partial charge in [0.15, 0.2) is 5.88 Å². The molecule has 56 valence electrons. The Morgan fingerprint density at radius 3 is 2.82 bits per heavy atom. The van der Waals surface area contributed by atoms with Crippen molar-refractivity contribution >= 4 is 10.9 Å². The third-order valence-electron chi connectivity index (χ3n) is 1.73. The first-order chi connectivity index (χ1) is 5.40. The molecule has 1 aromatic heterocycles. The lowest BCUT2D eigenvalue weighted by molar-refractivity contribution is 0.401. The number of methoxy groups -OCH3 is 1. The molecule has 11 heavy (non-hydrogen) atoms. The summed E-state index contributed by atoms with van der Waals surface area (Å²) in [6, 6.07) is 10.1. The molecule has 0 spiro atoms. The topological polar surface area (TPSA) is 25.0 Å². The van der Waals surface area contributed by atoms with Gasteiger partial charge >= 0.3 is 0 Å². The molecule has 2 heteroatoms. The van der Waals surface area contributed by atoms with Crippen molar-refractivity contribution in [2.75, 3.05) is 7.11 Å². The molecule has 0 saturated heterocycles. The van der Waals surface area contributed by atoms with Gasteiger partial charge in [-0.25, -0.2) is 0 Å². The highest BCUT2D eigenvalue weighted by Crippen LogP contribution is 2.18. The summed E-state index contributed by atoms with van der Waals surface area (Å²) in [5.74, 6) is 0.811. The minimum atomic E-state index is 0.811. The lowest BCUT2D eigenvalue weighted by Crippen LogP contribution is -1.79. The standard InChI is InChI=1S/C9H9NO/c1-11-9-6-7-4-2-3-5-8(7)10-9/h2-6,10H,1H3. The first kappa shape index (κ1) is 6.28. The van der Waals surface area contributed by atoms with Crippen LogP contribution in [0, 0.1) is 0 Å². The van der Waals surface area contributed by atoms with Crippen LogP contribution in [0.3, 0.4) is 0 Å². The van der Waals surface area contributed by atoms with E-state index in [9.17, 15) is 0 Å².